The number of hydrogen-bond donors (Lipinski definition) is 1. The standard InChI is InChI=1S/C23H22N2O2/c26-23(22-13-7-15-27-22)24-14-6-10-19-17-25(16-18-8-2-1-3-9-18)21-12-5-4-11-20(19)21/h1-5,7-9,11-13,15,17H,6,10,14,16H2,(H,24,26). The van der Waals surface area contributed by atoms with E-state index in [1.807, 2.05) is 6.07 Å². The zero-order chi connectivity index (χ0) is 18.5. The second kappa shape index (κ2) is 7.96. The van der Waals surface area contributed by atoms with Crippen molar-refractivity contribution in [2.75, 3.05) is 6.54 Å². The lowest BCUT2D eigenvalue weighted by Gasteiger charge is -2.05. The van der Waals surface area contributed by atoms with Crippen LogP contribution in [0.15, 0.2) is 83.6 Å². The fraction of sp³-hybridized carbons (Fsp3) is 0.174. The van der Waals surface area contributed by atoms with E-state index in [4.69, 9.17) is 4.42 Å². The number of benzene rings is 2. The number of rotatable bonds is 7. The summed E-state index contributed by atoms with van der Waals surface area (Å²) in [6, 6.07) is 22.4. The zero-order valence-corrected chi connectivity index (χ0v) is 15.1. The van der Waals surface area contributed by atoms with Crippen molar-refractivity contribution in [3.63, 3.8) is 0 Å². The maximum Gasteiger partial charge on any atom is 0.286 e. The molecule has 0 spiro atoms. The van der Waals surface area contributed by atoms with Gasteiger partial charge < -0.3 is 14.3 Å². The van der Waals surface area contributed by atoms with E-state index in [9.17, 15) is 4.79 Å². The summed E-state index contributed by atoms with van der Waals surface area (Å²) in [4.78, 5) is 11.9. The smallest absolute Gasteiger partial charge is 0.286 e. The van der Waals surface area contributed by atoms with Crippen LogP contribution >= 0.6 is 0 Å². The van der Waals surface area contributed by atoms with Crippen molar-refractivity contribution in [2.45, 2.75) is 19.4 Å². The van der Waals surface area contributed by atoms with Gasteiger partial charge in [-0.25, -0.2) is 0 Å². The summed E-state index contributed by atoms with van der Waals surface area (Å²) in [5.41, 5.74) is 3.85. The minimum Gasteiger partial charge on any atom is -0.459 e. The molecule has 0 aliphatic carbocycles. The molecule has 2 heterocycles. The van der Waals surface area contributed by atoms with Crippen molar-refractivity contribution in [1.82, 2.24) is 9.88 Å². The third-order valence-corrected chi connectivity index (χ3v) is 4.72. The molecule has 2 aromatic heterocycles. The van der Waals surface area contributed by atoms with Gasteiger partial charge in [0, 0.05) is 30.2 Å². The number of furan rings is 1. The number of amides is 1. The fourth-order valence-corrected chi connectivity index (χ4v) is 3.41. The molecule has 4 nitrogen and oxygen atoms in total. The van der Waals surface area contributed by atoms with E-state index in [1.54, 1.807) is 12.1 Å². The Morgan fingerprint density at radius 3 is 2.59 bits per heavy atom. The molecule has 0 atom stereocenters. The highest BCUT2D eigenvalue weighted by molar-refractivity contribution is 5.91. The maximum atomic E-state index is 11.9. The van der Waals surface area contributed by atoms with Crippen LogP contribution in [0.3, 0.4) is 0 Å². The van der Waals surface area contributed by atoms with Gasteiger partial charge in [-0.15, -0.1) is 0 Å². The van der Waals surface area contributed by atoms with Crippen LogP contribution < -0.4 is 5.32 Å². The largest absolute Gasteiger partial charge is 0.459 e. The van der Waals surface area contributed by atoms with Gasteiger partial charge in [-0.1, -0.05) is 48.5 Å². The minimum atomic E-state index is -0.161. The van der Waals surface area contributed by atoms with Crippen LogP contribution in [-0.4, -0.2) is 17.0 Å². The minimum absolute atomic E-state index is 0.161. The Kier molecular flexibility index (Phi) is 5.06. The summed E-state index contributed by atoms with van der Waals surface area (Å²) in [6.07, 6.45) is 5.55. The van der Waals surface area contributed by atoms with Gasteiger partial charge in [-0.3, -0.25) is 4.79 Å². The molecular weight excluding hydrogens is 336 g/mol. The molecule has 1 amide bonds. The molecule has 4 aromatic rings. The average Bonchev–Trinajstić information content (AvgIpc) is 3.35. The number of fused-ring (bicyclic) bond motifs is 1. The lowest BCUT2D eigenvalue weighted by Crippen LogP contribution is -2.24. The first-order valence-corrected chi connectivity index (χ1v) is 9.23. The predicted molar refractivity (Wildman–Crippen MR) is 107 cm³/mol. The molecule has 1 N–H and O–H groups in total. The van der Waals surface area contributed by atoms with Crippen LogP contribution in [0.4, 0.5) is 0 Å². The third-order valence-electron chi connectivity index (χ3n) is 4.72. The van der Waals surface area contributed by atoms with Crippen LogP contribution in [-0.2, 0) is 13.0 Å². The van der Waals surface area contributed by atoms with E-state index in [0.29, 0.717) is 12.3 Å². The first-order chi connectivity index (χ1) is 13.3. The number of nitrogens with one attached hydrogen (secondary N) is 1. The zero-order valence-electron chi connectivity index (χ0n) is 15.1. The molecule has 2 aromatic carbocycles. The molecule has 4 rings (SSSR count). The summed E-state index contributed by atoms with van der Waals surface area (Å²) < 4.78 is 7.42. The summed E-state index contributed by atoms with van der Waals surface area (Å²) in [7, 11) is 0. The maximum absolute atomic E-state index is 11.9. The van der Waals surface area contributed by atoms with Crippen molar-refractivity contribution < 1.29 is 9.21 Å². The molecule has 4 heteroatoms. The van der Waals surface area contributed by atoms with Crippen LogP contribution in [0.5, 0.6) is 0 Å². The predicted octanol–water partition coefficient (Wildman–Crippen LogP) is 4.65. The van der Waals surface area contributed by atoms with Crippen LogP contribution in [0, 0.1) is 0 Å². The topological polar surface area (TPSA) is 47.2 Å². The van der Waals surface area contributed by atoms with Gasteiger partial charge in [0.15, 0.2) is 5.76 Å². The molecule has 136 valence electrons. The van der Waals surface area contributed by atoms with E-state index in [0.717, 1.165) is 19.4 Å². The first kappa shape index (κ1) is 17.2. The summed E-state index contributed by atoms with van der Waals surface area (Å²) in [5.74, 6) is 0.195. The highest BCUT2D eigenvalue weighted by Crippen LogP contribution is 2.23. The number of para-hydroxylation sites is 1. The number of nitrogens with zero attached hydrogens (tertiary/aromatic N) is 1. The number of carbonyl (C=O) groups is 1. The van der Waals surface area contributed by atoms with Gasteiger partial charge in [0.2, 0.25) is 0 Å². The van der Waals surface area contributed by atoms with E-state index < -0.39 is 0 Å². The van der Waals surface area contributed by atoms with E-state index in [1.165, 1.54) is 28.3 Å². The van der Waals surface area contributed by atoms with Crippen molar-refractivity contribution in [2.24, 2.45) is 0 Å². The lowest BCUT2D eigenvalue weighted by molar-refractivity contribution is 0.0925. The molecule has 0 bridgehead atoms. The van der Waals surface area contributed by atoms with E-state index >= 15 is 0 Å². The Morgan fingerprint density at radius 1 is 0.963 bits per heavy atom. The van der Waals surface area contributed by atoms with Crippen LogP contribution in [0.25, 0.3) is 10.9 Å². The number of hydrogen-bond acceptors (Lipinski definition) is 2. The first-order valence-electron chi connectivity index (χ1n) is 9.23. The van der Waals surface area contributed by atoms with Crippen LogP contribution in [0.2, 0.25) is 0 Å². The highest BCUT2D eigenvalue weighted by atomic mass is 16.3. The quantitative estimate of drug-likeness (QED) is 0.489. The molecule has 0 fully saturated rings. The molecule has 0 saturated carbocycles. The van der Waals surface area contributed by atoms with Crippen molar-refractivity contribution >= 4 is 16.8 Å². The summed E-state index contributed by atoms with van der Waals surface area (Å²) in [5, 5.41) is 4.19. The molecule has 27 heavy (non-hydrogen) atoms. The van der Waals surface area contributed by atoms with E-state index in [2.05, 4.69) is 64.6 Å². The van der Waals surface area contributed by atoms with Crippen molar-refractivity contribution in [3.05, 3.63) is 96.1 Å². The Bertz CT molecular complexity index is 1020. The Labute approximate surface area is 158 Å². The molecular formula is C23H22N2O2. The molecule has 0 unspecified atom stereocenters. The molecule has 0 saturated heterocycles. The van der Waals surface area contributed by atoms with Gasteiger partial charge in [-0.2, -0.15) is 0 Å². The van der Waals surface area contributed by atoms with E-state index in [-0.39, 0.29) is 5.91 Å². The monoisotopic (exact) mass is 358 g/mol. The van der Waals surface area contributed by atoms with Crippen LogP contribution in [0.1, 0.15) is 28.1 Å². The third kappa shape index (κ3) is 3.95. The Balaban J connectivity index is 1.43. The van der Waals surface area contributed by atoms with Gasteiger partial charge in [0.05, 0.1) is 6.26 Å². The molecule has 0 aliphatic heterocycles. The average molecular weight is 358 g/mol. The van der Waals surface area contributed by atoms with Crippen molar-refractivity contribution in [3.8, 4) is 0 Å². The lowest BCUT2D eigenvalue weighted by atomic mass is 10.1. The van der Waals surface area contributed by atoms with Gasteiger partial charge in [0.25, 0.3) is 5.91 Å². The highest BCUT2D eigenvalue weighted by Gasteiger charge is 2.10. The SMILES string of the molecule is O=C(NCCCc1cn(Cc2ccccc2)c2ccccc12)c1ccco1. The summed E-state index contributed by atoms with van der Waals surface area (Å²) >= 11 is 0. The molecule has 0 radical (unpaired) electrons. The second-order valence-corrected chi connectivity index (χ2v) is 6.62. The van der Waals surface area contributed by atoms with Gasteiger partial charge >= 0.3 is 0 Å². The Morgan fingerprint density at radius 2 is 1.78 bits per heavy atom. The normalized spacial score (nSPS) is 11.0. The number of aromatic nitrogens is 1. The van der Waals surface area contributed by atoms with Gasteiger partial charge in [-0.05, 0) is 42.2 Å². The molecule has 0 aliphatic rings. The van der Waals surface area contributed by atoms with Gasteiger partial charge in [0.1, 0.15) is 0 Å². The number of aryl methyl sites for hydroxylation is 1. The number of carbonyl (C=O) groups excluding carboxylic acids is 1. The second-order valence-electron chi connectivity index (χ2n) is 6.62. The van der Waals surface area contributed by atoms with Crippen molar-refractivity contribution in [1.29, 1.82) is 0 Å². The fourth-order valence-electron chi connectivity index (χ4n) is 3.41. The Hall–Kier alpha value is -3.27. The summed E-state index contributed by atoms with van der Waals surface area (Å²) in [6.45, 7) is 1.48.